The van der Waals surface area contributed by atoms with Crippen LogP contribution in [-0.2, 0) is 6.54 Å². The number of hydrogen-bond acceptors (Lipinski definition) is 1. The Bertz CT molecular complexity index is 715. The Morgan fingerprint density at radius 3 is 2.76 bits per heavy atom. The summed E-state index contributed by atoms with van der Waals surface area (Å²) in [5, 5.41) is 12.6. The summed E-state index contributed by atoms with van der Waals surface area (Å²) in [5.41, 5.74) is 2.15. The number of phenolic OH excluding ortho intramolecular Hbond substituents is 1. The van der Waals surface area contributed by atoms with Crippen LogP contribution in [0.1, 0.15) is 6.92 Å². The van der Waals surface area contributed by atoms with Gasteiger partial charge in [-0.3, -0.25) is 0 Å². The minimum Gasteiger partial charge on any atom is -0.507 e. The van der Waals surface area contributed by atoms with Crippen molar-refractivity contribution in [3.63, 3.8) is 0 Å². The van der Waals surface area contributed by atoms with Crippen LogP contribution in [0.5, 0.6) is 5.75 Å². The normalized spacial score (nSPS) is 11.4. The van der Waals surface area contributed by atoms with Gasteiger partial charge in [-0.2, -0.15) is 0 Å². The second-order valence-electron chi connectivity index (χ2n) is 4.08. The van der Waals surface area contributed by atoms with Crippen LogP contribution in [0, 0.1) is 0 Å². The van der Waals surface area contributed by atoms with Gasteiger partial charge in [0.15, 0.2) is 0 Å². The maximum absolute atomic E-state index is 10.0. The van der Waals surface area contributed by atoms with Gasteiger partial charge in [-0.1, -0.05) is 17.7 Å². The summed E-state index contributed by atoms with van der Waals surface area (Å²) >= 11 is 6.03. The Morgan fingerprint density at radius 1 is 1.18 bits per heavy atom. The summed E-state index contributed by atoms with van der Waals surface area (Å²) in [5.74, 6) is 0.307. The fraction of sp³-hybridized carbons (Fsp3) is 0.143. The number of halogens is 1. The fourth-order valence-electron chi connectivity index (χ4n) is 2.44. The molecule has 0 saturated carbocycles. The molecule has 17 heavy (non-hydrogen) atoms. The average Bonchev–Trinajstić information content (AvgIpc) is 2.63. The molecule has 2 nitrogen and oxygen atoms in total. The highest BCUT2D eigenvalue weighted by Gasteiger charge is 2.12. The first kappa shape index (κ1) is 10.5. The first-order valence-electron chi connectivity index (χ1n) is 5.62. The van der Waals surface area contributed by atoms with Crippen molar-refractivity contribution in [2.24, 2.45) is 0 Å². The standard InChI is InChI=1S/C14H12ClNO/c1-2-16-11-7-6-9(15)8-10(11)14-12(16)4-3-5-13(14)17/h3-8,17H,2H2,1H3. The molecule has 0 aliphatic rings. The minimum absolute atomic E-state index is 0.307. The zero-order chi connectivity index (χ0) is 12.0. The molecule has 1 heterocycles. The van der Waals surface area contributed by atoms with Crippen LogP contribution >= 0.6 is 11.6 Å². The molecule has 0 amide bonds. The van der Waals surface area contributed by atoms with E-state index in [1.54, 1.807) is 6.07 Å². The van der Waals surface area contributed by atoms with Crippen LogP contribution in [0.2, 0.25) is 5.02 Å². The summed E-state index contributed by atoms with van der Waals surface area (Å²) in [6, 6.07) is 11.4. The fourth-order valence-corrected chi connectivity index (χ4v) is 2.62. The van der Waals surface area contributed by atoms with Crippen molar-refractivity contribution in [2.75, 3.05) is 0 Å². The smallest absolute Gasteiger partial charge is 0.125 e. The quantitative estimate of drug-likeness (QED) is 0.684. The van der Waals surface area contributed by atoms with Crippen LogP contribution in [-0.4, -0.2) is 9.67 Å². The summed E-state index contributed by atoms with van der Waals surface area (Å²) in [6.45, 7) is 2.96. The van der Waals surface area contributed by atoms with E-state index in [0.29, 0.717) is 10.8 Å². The van der Waals surface area contributed by atoms with Gasteiger partial charge in [0.25, 0.3) is 0 Å². The van der Waals surface area contributed by atoms with E-state index in [9.17, 15) is 5.11 Å². The largest absolute Gasteiger partial charge is 0.507 e. The predicted molar refractivity (Wildman–Crippen MR) is 71.8 cm³/mol. The van der Waals surface area contributed by atoms with Crippen molar-refractivity contribution in [1.29, 1.82) is 0 Å². The number of benzene rings is 2. The molecule has 2 aromatic carbocycles. The van der Waals surface area contributed by atoms with E-state index in [1.807, 2.05) is 30.3 Å². The minimum atomic E-state index is 0.307. The van der Waals surface area contributed by atoms with Crippen LogP contribution in [0.15, 0.2) is 36.4 Å². The van der Waals surface area contributed by atoms with Gasteiger partial charge in [-0.05, 0) is 37.3 Å². The molecule has 3 rings (SSSR count). The molecule has 0 aliphatic heterocycles. The molecule has 0 fully saturated rings. The number of aromatic nitrogens is 1. The third-order valence-corrected chi connectivity index (χ3v) is 3.38. The van der Waals surface area contributed by atoms with E-state index < -0.39 is 0 Å². The molecule has 1 aromatic heterocycles. The highest BCUT2D eigenvalue weighted by molar-refractivity contribution is 6.32. The lowest BCUT2D eigenvalue weighted by molar-refractivity contribution is 0.482. The molecule has 0 atom stereocenters. The van der Waals surface area contributed by atoms with Gasteiger partial charge in [0.05, 0.1) is 5.52 Å². The molecule has 3 heteroatoms. The highest BCUT2D eigenvalue weighted by Crippen LogP contribution is 2.36. The third-order valence-electron chi connectivity index (χ3n) is 3.15. The molecule has 0 saturated heterocycles. The zero-order valence-electron chi connectivity index (χ0n) is 9.44. The molecule has 0 unspecified atom stereocenters. The summed E-state index contributed by atoms with van der Waals surface area (Å²) in [4.78, 5) is 0. The second kappa shape index (κ2) is 3.67. The number of phenols is 1. The number of nitrogens with zero attached hydrogens (tertiary/aromatic N) is 1. The lowest BCUT2D eigenvalue weighted by Gasteiger charge is -2.02. The van der Waals surface area contributed by atoms with E-state index in [1.165, 1.54) is 0 Å². The zero-order valence-corrected chi connectivity index (χ0v) is 10.2. The molecule has 0 aliphatic carbocycles. The number of aryl methyl sites for hydroxylation is 1. The topological polar surface area (TPSA) is 25.2 Å². The molecule has 0 spiro atoms. The van der Waals surface area contributed by atoms with Crippen LogP contribution in [0.3, 0.4) is 0 Å². The molecule has 1 N–H and O–H groups in total. The lowest BCUT2D eigenvalue weighted by atomic mass is 10.1. The summed E-state index contributed by atoms with van der Waals surface area (Å²) in [7, 11) is 0. The van der Waals surface area contributed by atoms with Gasteiger partial charge in [-0.15, -0.1) is 0 Å². The molecule has 3 aromatic rings. The molecule has 0 bridgehead atoms. The SMILES string of the molecule is CCn1c2ccc(Cl)cc2c2c(O)cccc21. The van der Waals surface area contributed by atoms with Gasteiger partial charge < -0.3 is 9.67 Å². The predicted octanol–water partition coefficient (Wildman–Crippen LogP) is 4.17. The first-order chi connectivity index (χ1) is 8.22. The molecular formula is C14H12ClNO. The van der Waals surface area contributed by atoms with Crippen molar-refractivity contribution < 1.29 is 5.11 Å². The van der Waals surface area contributed by atoms with Gasteiger partial charge in [-0.25, -0.2) is 0 Å². The van der Waals surface area contributed by atoms with E-state index in [0.717, 1.165) is 28.4 Å². The van der Waals surface area contributed by atoms with Crippen molar-refractivity contribution in [1.82, 2.24) is 4.57 Å². The lowest BCUT2D eigenvalue weighted by Crippen LogP contribution is -1.92. The summed E-state index contributed by atoms with van der Waals surface area (Å²) in [6.07, 6.45) is 0. The van der Waals surface area contributed by atoms with Gasteiger partial charge >= 0.3 is 0 Å². The number of fused-ring (bicyclic) bond motifs is 3. The Balaban J connectivity index is 2.62. The second-order valence-corrected chi connectivity index (χ2v) is 4.51. The van der Waals surface area contributed by atoms with Crippen LogP contribution in [0.25, 0.3) is 21.8 Å². The monoisotopic (exact) mass is 245 g/mol. The Labute approximate surface area is 104 Å². The number of rotatable bonds is 1. The van der Waals surface area contributed by atoms with Crippen LogP contribution < -0.4 is 0 Å². The molecular weight excluding hydrogens is 234 g/mol. The van der Waals surface area contributed by atoms with Crippen molar-refractivity contribution in [3.8, 4) is 5.75 Å². The van der Waals surface area contributed by atoms with Crippen molar-refractivity contribution in [2.45, 2.75) is 13.5 Å². The van der Waals surface area contributed by atoms with Crippen LogP contribution in [0.4, 0.5) is 0 Å². The molecule has 86 valence electrons. The van der Waals surface area contributed by atoms with Crippen molar-refractivity contribution in [3.05, 3.63) is 41.4 Å². The average molecular weight is 246 g/mol. The Hall–Kier alpha value is -1.67. The van der Waals surface area contributed by atoms with Gasteiger partial charge in [0, 0.05) is 27.9 Å². The van der Waals surface area contributed by atoms with E-state index in [4.69, 9.17) is 11.6 Å². The van der Waals surface area contributed by atoms with E-state index in [-0.39, 0.29) is 0 Å². The number of aromatic hydroxyl groups is 1. The van der Waals surface area contributed by atoms with E-state index in [2.05, 4.69) is 11.5 Å². The maximum atomic E-state index is 10.0. The third kappa shape index (κ3) is 1.41. The maximum Gasteiger partial charge on any atom is 0.125 e. The van der Waals surface area contributed by atoms with E-state index >= 15 is 0 Å². The van der Waals surface area contributed by atoms with Gasteiger partial charge in [0.1, 0.15) is 5.75 Å². The van der Waals surface area contributed by atoms with Gasteiger partial charge in [0.2, 0.25) is 0 Å². The first-order valence-corrected chi connectivity index (χ1v) is 5.99. The highest BCUT2D eigenvalue weighted by atomic mass is 35.5. The number of hydrogen-bond donors (Lipinski definition) is 1. The summed E-state index contributed by atoms with van der Waals surface area (Å²) < 4.78 is 2.18. The molecule has 0 radical (unpaired) electrons. The Kier molecular flexibility index (Phi) is 2.26. The Morgan fingerprint density at radius 2 is 2.00 bits per heavy atom. The van der Waals surface area contributed by atoms with Crippen molar-refractivity contribution >= 4 is 33.4 Å².